The van der Waals surface area contributed by atoms with Crippen LogP contribution >= 0.6 is 10.8 Å². The summed E-state index contributed by atoms with van der Waals surface area (Å²) in [5, 5.41) is 22.7. The molecule has 0 saturated heterocycles. The molecule has 0 atom stereocenters. The fourth-order valence-electron chi connectivity index (χ4n) is 3.00. The number of carboxylic acid groups (broad SMARTS) is 1. The van der Waals surface area contributed by atoms with Crippen molar-refractivity contribution >= 4 is 45.8 Å². The molecule has 0 aliphatic carbocycles. The third kappa shape index (κ3) is 2.78. The van der Waals surface area contributed by atoms with E-state index in [1.165, 1.54) is 24.4 Å². The molecule has 2 aliphatic rings. The third-order valence-corrected chi connectivity index (χ3v) is 5.65. The van der Waals surface area contributed by atoms with E-state index >= 15 is 0 Å². The number of amidine groups is 1. The zero-order valence-electron chi connectivity index (χ0n) is 14.1. The van der Waals surface area contributed by atoms with Gasteiger partial charge in [0.15, 0.2) is 5.84 Å². The molecular weight excluding hydrogens is 388 g/mol. The highest BCUT2D eigenvalue weighted by molar-refractivity contribution is 8.23. The fourth-order valence-corrected chi connectivity index (χ4v) is 4.19. The van der Waals surface area contributed by atoms with Gasteiger partial charge in [-0.25, -0.2) is 9.78 Å². The summed E-state index contributed by atoms with van der Waals surface area (Å²) >= 11 is 0. The van der Waals surface area contributed by atoms with Crippen LogP contribution in [0, 0.1) is 0 Å². The average molecular weight is 402 g/mol. The van der Waals surface area contributed by atoms with Gasteiger partial charge in [-0.3, -0.25) is 18.8 Å². The molecule has 0 fully saturated rings. The van der Waals surface area contributed by atoms with Gasteiger partial charge in [-0.05, 0) is 24.3 Å². The van der Waals surface area contributed by atoms with Gasteiger partial charge in [0.25, 0.3) is 0 Å². The predicted octanol–water partition coefficient (Wildman–Crippen LogP) is 2.33. The molecule has 2 aromatic rings. The second-order valence-electron chi connectivity index (χ2n) is 5.98. The molecule has 3 heterocycles. The van der Waals surface area contributed by atoms with Gasteiger partial charge < -0.3 is 15.5 Å². The fraction of sp³-hybridized carbons (Fsp3) is 0.0588. The summed E-state index contributed by atoms with van der Waals surface area (Å²) in [4.78, 5) is 28.4. The number of para-hydroxylation sites is 1. The van der Waals surface area contributed by atoms with Crippen molar-refractivity contribution in [2.75, 3.05) is 16.8 Å². The highest BCUT2D eigenvalue weighted by Gasteiger charge is 2.36. The first-order valence-electron chi connectivity index (χ1n) is 7.96. The van der Waals surface area contributed by atoms with Gasteiger partial charge in [0, 0.05) is 6.20 Å². The largest absolute Gasteiger partial charge is 0.507 e. The molecule has 11 heteroatoms. The first kappa shape index (κ1) is 18.0. The molecule has 1 aromatic carbocycles. The molecule has 28 heavy (non-hydrogen) atoms. The first-order valence-corrected chi connectivity index (χ1v) is 9.47. The van der Waals surface area contributed by atoms with E-state index in [2.05, 4.69) is 14.7 Å². The number of benzene rings is 1. The standard InChI is InChI=1S/C17H14N4O6S/c22-13-9-4-3-7-18-15(9)21(16(23)17(24)25)8-10(13)14-19-11-5-1-2-6-12(11)28(26,27)20-14/h1-7,22,26-27H,8H2,(H,19,20)(H,24,25). The summed E-state index contributed by atoms with van der Waals surface area (Å²) < 4.78 is 24.7. The normalized spacial score (nSPS) is 18.4. The summed E-state index contributed by atoms with van der Waals surface area (Å²) in [5.41, 5.74) is 0.531. The van der Waals surface area contributed by atoms with E-state index in [9.17, 15) is 23.8 Å². The number of fused-ring (bicyclic) bond motifs is 2. The quantitative estimate of drug-likeness (QED) is 0.455. The van der Waals surface area contributed by atoms with Crippen LogP contribution < -0.4 is 10.2 Å². The molecule has 5 N–H and O–H groups in total. The van der Waals surface area contributed by atoms with Crippen LogP contribution in [0.5, 0.6) is 0 Å². The van der Waals surface area contributed by atoms with Crippen LogP contribution in [-0.2, 0) is 9.59 Å². The van der Waals surface area contributed by atoms with Gasteiger partial charge in [-0.2, -0.15) is 0 Å². The van der Waals surface area contributed by atoms with Crippen LogP contribution in [0.2, 0.25) is 0 Å². The number of carbonyl (C=O) groups is 2. The molecule has 1 aromatic heterocycles. The Kier molecular flexibility index (Phi) is 4.07. The SMILES string of the molecule is O=C(O)C(=O)N1CC(C2=NS(O)(O)c3ccccc3N2)=C(O)c2cccnc21. The summed E-state index contributed by atoms with van der Waals surface area (Å²) in [6, 6.07) is 9.40. The van der Waals surface area contributed by atoms with Crippen LogP contribution in [0.15, 0.2) is 57.5 Å². The molecule has 0 spiro atoms. The zero-order chi connectivity index (χ0) is 20.1. The average Bonchev–Trinajstić information content (AvgIpc) is 2.67. The van der Waals surface area contributed by atoms with E-state index in [1.54, 1.807) is 18.2 Å². The Hall–Kier alpha value is -3.41. The van der Waals surface area contributed by atoms with Crippen molar-refractivity contribution in [3.8, 4) is 0 Å². The number of carbonyl (C=O) groups excluding carboxylic acids is 1. The number of hydrogen-bond donors (Lipinski definition) is 5. The van der Waals surface area contributed by atoms with E-state index in [-0.39, 0.29) is 40.0 Å². The molecule has 0 radical (unpaired) electrons. The Morgan fingerprint density at radius 3 is 2.64 bits per heavy atom. The number of carboxylic acids is 1. The van der Waals surface area contributed by atoms with Crippen molar-refractivity contribution in [1.29, 1.82) is 0 Å². The molecule has 2 aliphatic heterocycles. The minimum Gasteiger partial charge on any atom is -0.507 e. The number of nitrogens with zero attached hydrogens (tertiary/aromatic N) is 3. The Bertz CT molecular complexity index is 1080. The summed E-state index contributed by atoms with van der Waals surface area (Å²) in [6.07, 6.45) is 1.36. The van der Waals surface area contributed by atoms with Crippen LogP contribution in [0.1, 0.15) is 5.56 Å². The lowest BCUT2D eigenvalue weighted by Gasteiger charge is -2.36. The second kappa shape index (κ2) is 6.34. The number of aliphatic carboxylic acids is 1. The van der Waals surface area contributed by atoms with Gasteiger partial charge in [-0.1, -0.05) is 22.9 Å². The number of anilines is 2. The predicted molar refractivity (Wildman–Crippen MR) is 102 cm³/mol. The molecule has 0 saturated carbocycles. The molecule has 10 nitrogen and oxygen atoms in total. The van der Waals surface area contributed by atoms with Gasteiger partial charge >= 0.3 is 11.9 Å². The van der Waals surface area contributed by atoms with Gasteiger partial charge in [-0.15, -0.1) is 4.40 Å². The topological polar surface area (TPSA) is 156 Å². The Balaban J connectivity index is 1.85. The number of nitrogens with one attached hydrogen (secondary N) is 1. The minimum atomic E-state index is -3.55. The number of aliphatic hydroxyl groups excluding tert-OH is 1. The van der Waals surface area contributed by atoms with Crippen molar-refractivity contribution in [2.24, 2.45) is 4.40 Å². The van der Waals surface area contributed by atoms with Crippen molar-refractivity contribution < 1.29 is 28.9 Å². The summed E-state index contributed by atoms with van der Waals surface area (Å²) in [7, 11) is -3.55. The lowest BCUT2D eigenvalue weighted by atomic mass is 10.0. The third-order valence-electron chi connectivity index (χ3n) is 4.27. The molecule has 4 rings (SSSR count). The smallest absolute Gasteiger partial charge is 0.395 e. The maximum atomic E-state index is 12.1. The number of amides is 1. The van der Waals surface area contributed by atoms with E-state index in [4.69, 9.17) is 5.11 Å². The number of hydrogen-bond acceptors (Lipinski definition) is 8. The Labute approximate surface area is 160 Å². The summed E-state index contributed by atoms with van der Waals surface area (Å²) in [5.74, 6) is -3.31. The van der Waals surface area contributed by atoms with E-state index in [0.29, 0.717) is 5.69 Å². The lowest BCUT2D eigenvalue weighted by Crippen LogP contribution is -2.43. The molecule has 144 valence electrons. The van der Waals surface area contributed by atoms with E-state index in [0.717, 1.165) is 4.90 Å². The molecule has 0 bridgehead atoms. The number of aromatic nitrogens is 1. The first-order chi connectivity index (χ1) is 13.3. The van der Waals surface area contributed by atoms with Gasteiger partial charge in [0.2, 0.25) is 0 Å². The maximum absolute atomic E-state index is 12.1. The van der Waals surface area contributed by atoms with Crippen LogP contribution in [0.3, 0.4) is 0 Å². The Morgan fingerprint density at radius 2 is 1.89 bits per heavy atom. The summed E-state index contributed by atoms with van der Waals surface area (Å²) in [6.45, 7) is -0.371. The van der Waals surface area contributed by atoms with Gasteiger partial charge in [0.1, 0.15) is 16.5 Å². The van der Waals surface area contributed by atoms with Crippen LogP contribution in [0.25, 0.3) is 5.76 Å². The van der Waals surface area contributed by atoms with Crippen molar-refractivity contribution in [3.05, 3.63) is 53.7 Å². The second-order valence-corrected chi connectivity index (χ2v) is 7.64. The monoisotopic (exact) mass is 402 g/mol. The molecule has 1 amide bonds. The van der Waals surface area contributed by atoms with Crippen LogP contribution in [0.4, 0.5) is 11.5 Å². The van der Waals surface area contributed by atoms with Crippen molar-refractivity contribution in [3.63, 3.8) is 0 Å². The molecular formula is C17H14N4O6S. The Morgan fingerprint density at radius 1 is 1.14 bits per heavy atom. The van der Waals surface area contributed by atoms with Crippen LogP contribution in [-0.4, -0.2) is 48.6 Å². The van der Waals surface area contributed by atoms with E-state index in [1.807, 2.05) is 0 Å². The maximum Gasteiger partial charge on any atom is 0.395 e. The highest BCUT2D eigenvalue weighted by atomic mass is 32.3. The zero-order valence-corrected chi connectivity index (χ0v) is 14.9. The van der Waals surface area contributed by atoms with Crippen molar-refractivity contribution in [2.45, 2.75) is 4.90 Å². The lowest BCUT2D eigenvalue weighted by molar-refractivity contribution is -0.148. The van der Waals surface area contributed by atoms with Crippen molar-refractivity contribution in [1.82, 2.24) is 4.98 Å². The highest BCUT2D eigenvalue weighted by Crippen LogP contribution is 2.55. The molecule has 0 unspecified atom stereocenters. The van der Waals surface area contributed by atoms with E-state index < -0.39 is 22.7 Å². The van der Waals surface area contributed by atoms with Gasteiger partial charge in [0.05, 0.1) is 23.4 Å². The number of pyridine rings is 1. The number of rotatable bonds is 1. The number of aliphatic hydroxyl groups is 1. The minimum absolute atomic E-state index is 0.0143.